The minimum absolute atomic E-state index is 0.0228. The van der Waals surface area contributed by atoms with Crippen LogP contribution in [0.3, 0.4) is 0 Å². The number of alkyl halides is 3. The van der Waals surface area contributed by atoms with E-state index in [-0.39, 0.29) is 17.8 Å². The number of hydrogen-bond acceptors (Lipinski definition) is 4. The molecule has 0 aromatic heterocycles. The average Bonchev–Trinajstić information content (AvgIpc) is 2.60. The van der Waals surface area contributed by atoms with Crippen molar-refractivity contribution >= 4 is 29.1 Å². The number of rotatable bonds is 5. The van der Waals surface area contributed by atoms with Gasteiger partial charge in [-0.2, -0.15) is 13.2 Å². The molecule has 0 spiro atoms. The number of thioether (sulfide) groups is 1. The van der Waals surface area contributed by atoms with Crippen LogP contribution in [0.4, 0.5) is 18.9 Å². The highest BCUT2D eigenvalue weighted by molar-refractivity contribution is 7.98. The van der Waals surface area contributed by atoms with E-state index in [0.29, 0.717) is 4.90 Å². The molecule has 0 unspecified atom stereocenters. The van der Waals surface area contributed by atoms with Crippen molar-refractivity contribution < 1.29 is 22.8 Å². The van der Waals surface area contributed by atoms with Crippen LogP contribution >= 0.6 is 11.8 Å². The lowest BCUT2D eigenvalue weighted by atomic mass is 9.97. The molecule has 132 valence electrons. The molecule has 8 heteroatoms. The lowest BCUT2D eigenvalue weighted by molar-refractivity contribution is -0.137. The molecule has 0 saturated carbocycles. The fourth-order valence-electron chi connectivity index (χ4n) is 2.22. The second-order valence-corrected chi connectivity index (χ2v) is 5.92. The highest BCUT2D eigenvalue weighted by Gasteiger charge is 2.35. The Morgan fingerprint density at radius 2 is 1.80 bits per heavy atom. The number of halogens is 3. The molecule has 0 bridgehead atoms. The van der Waals surface area contributed by atoms with Crippen LogP contribution < -0.4 is 11.1 Å². The number of nitrogens with two attached hydrogens (primary N) is 1. The highest BCUT2D eigenvalue weighted by Crippen LogP contribution is 2.34. The van der Waals surface area contributed by atoms with Gasteiger partial charge in [0.15, 0.2) is 5.78 Å². The third kappa shape index (κ3) is 4.40. The quantitative estimate of drug-likeness (QED) is 0.625. The number of amides is 1. The molecule has 4 nitrogen and oxygen atoms in total. The summed E-state index contributed by atoms with van der Waals surface area (Å²) in [5.41, 5.74) is 3.84. The van der Waals surface area contributed by atoms with Gasteiger partial charge in [0.1, 0.15) is 0 Å². The molecule has 3 N–H and O–H groups in total. The van der Waals surface area contributed by atoms with Gasteiger partial charge < -0.3 is 11.1 Å². The van der Waals surface area contributed by atoms with E-state index in [2.05, 4.69) is 5.32 Å². The van der Waals surface area contributed by atoms with E-state index >= 15 is 0 Å². The van der Waals surface area contributed by atoms with Gasteiger partial charge in [-0.3, -0.25) is 9.59 Å². The van der Waals surface area contributed by atoms with Crippen LogP contribution in [-0.4, -0.2) is 24.5 Å². The Morgan fingerprint density at radius 1 is 1.12 bits per heavy atom. The van der Waals surface area contributed by atoms with Crippen LogP contribution in [0.25, 0.3) is 0 Å². The maximum absolute atomic E-state index is 13.2. The van der Waals surface area contributed by atoms with E-state index in [4.69, 9.17) is 5.73 Å². The first kappa shape index (κ1) is 19.0. The number of anilines is 1. The lowest BCUT2D eigenvalue weighted by Gasteiger charge is -2.15. The lowest BCUT2D eigenvalue weighted by Crippen LogP contribution is -2.23. The number of carbonyl (C=O) groups is 2. The zero-order chi connectivity index (χ0) is 18.6. The summed E-state index contributed by atoms with van der Waals surface area (Å²) >= 11 is 1.33. The number of ketones is 1. The van der Waals surface area contributed by atoms with Crippen molar-refractivity contribution in [3.8, 4) is 0 Å². The number of hydrogen-bond donors (Lipinski definition) is 2. The van der Waals surface area contributed by atoms with E-state index in [1.54, 1.807) is 12.3 Å². The van der Waals surface area contributed by atoms with Crippen molar-refractivity contribution in [1.29, 1.82) is 0 Å². The van der Waals surface area contributed by atoms with E-state index in [1.807, 2.05) is 0 Å². The molecule has 0 radical (unpaired) electrons. The minimum Gasteiger partial charge on any atom is -0.324 e. The summed E-state index contributed by atoms with van der Waals surface area (Å²) in [4.78, 5) is 25.0. The summed E-state index contributed by atoms with van der Waals surface area (Å²) in [5.74, 6) is -1.37. The first-order chi connectivity index (χ1) is 11.8. The Labute approximate surface area is 146 Å². The Morgan fingerprint density at radius 3 is 2.40 bits per heavy atom. The van der Waals surface area contributed by atoms with E-state index in [0.717, 1.165) is 12.1 Å². The summed E-state index contributed by atoms with van der Waals surface area (Å²) < 4.78 is 39.6. The molecule has 0 atom stereocenters. The van der Waals surface area contributed by atoms with Crippen LogP contribution in [0, 0.1) is 0 Å². The first-order valence-electron chi connectivity index (χ1n) is 7.16. The fourth-order valence-corrected chi connectivity index (χ4v) is 2.66. The number of carbonyl (C=O) groups excluding carboxylic acids is 2. The van der Waals surface area contributed by atoms with Crippen molar-refractivity contribution in [2.24, 2.45) is 5.73 Å². The molecule has 2 rings (SSSR count). The molecule has 25 heavy (non-hydrogen) atoms. The van der Waals surface area contributed by atoms with E-state index < -0.39 is 29.0 Å². The Balaban J connectivity index is 2.57. The highest BCUT2D eigenvalue weighted by atomic mass is 32.2. The SMILES string of the molecule is CSc1ccc(NC(=O)CN)c(C(=O)c2ccccc2C(F)(F)F)c1. The maximum atomic E-state index is 13.2. The Kier molecular flexibility index (Phi) is 5.86. The minimum atomic E-state index is -4.66. The van der Waals surface area contributed by atoms with Gasteiger partial charge in [-0.1, -0.05) is 18.2 Å². The molecule has 2 aromatic rings. The molecular formula is C17H15F3N2O2S. The van der Waals surface area contributed by atoms with Gasteiger partial charge in [0.05, 0.1) is 17.8 Å². The summed E-state index contributed by atoms with van der Waals surface area (Å²) in [7, 11) is 0. The van der Waals surface area contributed by atoms with Gasteiger partial charge in [0, 0.05) is 16.0 Å². The van der Waals surface area contributed by atoms with Gasteiger partial charge in [-0.25, -0.2) is 0 Å². The second-order valence-electron chi connectivity index (χ2n) is 5.04. The topological polar surface area (TPSA) is 72.2 Å². The molecule has 0 aliphatic carbocycles. The standard InChI is InChI=1S/C17H15F3N2O2S/c1-25-10-6-7-14(22-15(23)9-21)12(8-10)16(24)11-4-2-3-5-13(11)17(18,19)20/h2-8H,9,21H2,1H3,(H,22,23). The number of benzene rings is 2. The zero-order valence-corrected chi connectivity index (χ0v) is 14.0. The van der Waals surface area contributed by atoms with Crippen molar-refractivity contribution in [2.75, 3.05) is 18.1 Å². The van der Waals surface area contributed by atoms with E-state index in [9.17, 15) is 22.8 Å². The normalized spacial score (nSPS) is 11.2. The van der Waals surface area contributed by atoms with Crippen molar-refractivity contribution in [3.63, 3.8) is 0 Å². The van der Waals surface area contributed by atoms with Crippen molar-refractivity contribution in [2.45, 2.75) is 11.1 Å². The molecule has 0 fully saturated rings. The third-order valence-corrected chi connectivity index (χ3v) is 4.13. The van der Waals surface area contributed by atoms with Crippen molar-refractivity contribution in [3.05, 3.63) is 59.2 Å². The Hall–Kier alpha value is -2.32. The first-order valence-corrected chi connectivity index (χ1v) is 8.39. The second kappa shape index (κ2) is 7.71. The Bertz CT molecular complexity index is 807. The summed E-state index contributed by atoms with van der Waals surface area (Å²) in [6, 6.07) is 9.13. The average molecular weight is 368 g/mol. The summed E-state index contributed by atoms with van der Waals surface area (Å²) in [5, 5.41) is 2.45. The van der Waals surface area contributed by atoms with Crippen LogP contribution in [0.1, 0.15) is 21.5 Å². The van der Waals surface area contributed by atoms with Crippen LogP contribution in [0.15, 0.2) is 47.4 Å². The largest absolute Gasteiger partial charge is 0.417 e. The van der Waals surface area contributed by atoms with Crippen LogP contribution in [-0.2, 0) is 11.0 Å². The van der Waals surface area contributed by atoms with Gasteiger partial charge in [-0.05, 0) is 30.5 Å². The van der Waals surface area contributed by atoms with Gasteiger partial charge >= 0.3 is 6.18 Å². The smallest absolute Gasteiger partial charge is 0.324 e. The fraction of sp³-hybridized carbons (Fsp3) is 0.176. The molecule has 0 aliphatic rings. The predicted octanol–water partition coefficient (Wildman–Crippen LogP) is 3.56. The van der Waals surface area contributed by atoms with Crippen LogP contribution in [0.5, 0.6) is 0 Å². The van der Waals surface area contributed by atoms with E-state index in [1.165, 1.54) is 36.0 Å². The molecule has 0 heterocycles. The summed E-state index contributed by atoms with van der Waals surface area (Å²) in [6.45, 7) is -0.308. The molecular weight excluding hydrogens is 353 g/mol. The predicted molar refractivity (Wildman–Crippen MR) is 90.8 cm³/mol. The number of nitrogens with one attached hydrogen (secondary N) is 1. The molecule has 0 saturated heterocycles. The van der Waals surface area contributed by atoms with Gasteiger partial charge in [0.25, 0.3) is 0 Å². The third-order valence-electron chi connectivity index (χ3n) is 3.41. The van der Waals surface area contributed by atoms with Gasteiger partial charge in [-0.15, -0.1) is 11.8 Å². The van der Waals surface area contributed by atoms with Crippen LogP contribution in [0.2, 0.25) is 0 Å². The molecule has 1 amide bonds. The summed E-state index contributed by atoms with van der Waals surface area (Å²) in [6.07, 6.45) is -2.89. The zero-order valence-electron chi connectivity index (χ0n) is 13.2. The van der Waals surface area contributed by atoms with Crippen molar-refractivity contribution in [1.82, 2.24) is 0 Å². The maximum Gasteiger partial charge on any atom is 0.417 e. The molecule has 0 aliphatic heterocycles. The van der Waals surface area contributed by atoms with Gasteiger partial charge in [0.2, 0.25) is 5.91 Å². The molecule has 2 aromatic carbocycles. The monoisotopic (exact) mass is 368 g/mol.